The van der Waals surface area contributed by atoms with Crippen molar-refractivity contribution in [3.63, 3.8) is 0 Å². The topological polar surface area (TPSA) is 62.7 Å². The van der Waals surface area contributed by atoms with E-state index in [9.17, 15) is 4.79 Å². The minimum Gasteiger partial charge on any atom is -0.469 e. The number of carbonyl (C=O) groups is 1. The van der Waals surface area contributed by atoms with Gasteiger partial charge in [0.15, 0.2) is 5.96 Å². The van der Waals surface area contributed by atoms with Crippen LogP contribution in [0, 0.1) is 0 Å². The van der Waals surface area contributed by atoms with Crippen LogP contribution in [-0.4, -0.2) is 32.6 Å². The second-order valence-electron chi connectivity index (χ2n) is 3.81. The number of esters is 1. The maximum absolute atomic E-state index is 11.0. The van der Waals surface area contributed by atoms with Gasteiger partial charge in [0.2, 0.25) is 0 Å². The van der Waals surface area contributed by atoms with Crippen molar-refractivity contribution in [2.75, 3.05) is 20.7 Å². The number of hydrogen-bond donors (Lipinski definition) is 2. The van der Waals surface area contributed by atoms with Crippen LogP contribution in [-0.2, 0) is 16.1 Å². The van der Waals surface area contributed by atoms with Crippen LogP contribution >= 0.6 is 11.6 Å². The maximum atomic E-state index is 11.0. The summed E-state index contributed by atoms with van der Waals surface area (Å²) in [5, 5.41) is 6.86. The van der Waals surface area contributed by atoms with E-state index in [1.807, 2.05) is 24.3 Å². The fourth-order valence-electron chi connectivity index (χ4n) is 1.44. The molecule has 0 amide bonds. The predicted octanol–water partition coefficient (Wildman–Crippen LogP) is 1.57. The molecule has 0 aliphatic rings. The van der Waals surface area contributed by atoms with E-state index in [-0.39, 0.29) is 5.97 Å². The third-order valence-electron chi connectivity index (χ3n) is 2.42. The molecule has 0 atom stereocenters. The van der Waals surface area contributed by atoms with Crippen LogP contribution in [0.4, 0.5) is 0 Å². The number of halogens is 1. The van der Waals surface area contributed by atoms with Crippen molar-refractivity contribution >= 4 is 23.5 Å². The minimum absolute atomic E-state index is 0.252. The first kappa shape index (κ1) is 15.3. The summed E-state index contributed by atoms with van der Waals surface area (Å²) in [6, 6.07) is 7.58. The van der Waals surface area contributed by atoms with Gasteiger partial charge >= 0.3 is 5.97 Å². The van der Waals surface area contributed by atoms with Crippen molar-refractivity contribution in [1.82, 2.24) is 10.6 Å². The van der Waals surface area contributed by atoms with Gasteiger partial charge in [-0.1, -0.05) is 23.7 Å². The highest BCUT2D eigenvalue weighted by Crippen LogP contribution is 2.10. The van der Waals surface area contributed by atoms with Gasteiger partial charge in [-0.05, 0) is 17.7 Å². The normalized spacial score (nSPS) is 11.0. The molecule has 2 N–H and O–H groups in total. The molecule has 1 aromatic carbocycles. The van der Waals surface area contributed by atoms with Gasteiger partial charge in [0.05, 0.1) is 13.5 Å². The molecule has 0 saturated carbocycles. The molecule has 0 aliphatic heterocycles. The average Bonchev–Trinajstić information content (AvgIpc) is 2.42. The second kappa shape index (κ2) is 8.37. The highest BCUT2D eigenvalue weighted by atomic mass is 35.5. The number of rotatable bonds is 5. The fourth-order valence-corrected chi connectivity index (χ4v) is 1.65. The van der Waals surface area contributed by atoms with Gasteiger partial charge in [-0.25, -0.2) is 0 Å². The van der Waals surface area contributed by atoms with Crippen molar-refractivity contribution in [2.45, 2.75) is 13.0 Å². The monoisotopic (exact) mass is 283 g/mol. The molecule has 6 heteroatoms. The van der Waals surface area contributed by atoms with Crippen LogP contribution < -0.4 is 10.6 Å². The predicted molar refractivity (Wildman–Crippen MR) is 76.3 cm³/mol. The molecular weight excluding hydrogens is 266 g/mol. The lowest BCUT2D eigenvalue weighted by molar-refractivity contribution is -0.140. The first-order valence-electron chi connectivity index (χ1n) is 5.91. The lowest BCUT2D eigenvalue weighted by atomic mass is 10.2. The number of ether oxygens (including phenoxy) is 1. The van der Waals surface area contributed by atoms with Gasteiger partial charge in [-0.3, -0.25) is 9.79 Å². The zero-order chi connectivity index (χ0) is 14.1. The Hall–Kier alpha value is -1.75. The zero-order valence-electron chi connectivity index (χ0n) is 11.1. The molecule has 1 aromatic rings. The molecule has 19 heavy (non-hydrogen) atoms. The Balaban J connectivity index is 2.35. The Kier molecular flexibility index (Phi) is 6.74. The maximum Gasteiger partial charge on any atom is 0.307 e. The molecule has 5 nitrogen and oxygen atoms in total. The molecule has 0 unspecified atom stereocenters. The molecule has 104 valence electrons. The molecule has 0 aliphatic carbocycles. The number of hydrogen-bond acceptors (Lipinski definition) is 3. The van der Waals surface area contributed by atoms with E-state index >= 15 is 0 Å². The molecular formula is C13H18ClN3O2. The summed E-state index contributed by atoms with van der Waals surface area (Å²) in [5.74, 6) is 0.377. The number of nitrogens with zero attached hydrogens (tertiary/aromatic N) is 1. The van der Waals surface area contributed by atoms with Gasteiger partial charge in [0, 0.05) is 25.2 Å². The quantitative estimate of drug-likeness (QED) is 0.489. The summed E-state index contributed by atoms with van der Waals surface area (Å²) in [6.45, 7) is 1.08. The van der Waals surface area contributed by atoms with E-state index in [2.05, 4.69) is 20.4 Å². The summed E-state index contributed by atoms with van der Waals surface area (Å²) < 4.78 is 4.55. The SMILES string of the molecule is CN=C(NCCC(=O)OC)NCc1cccc(Cl)c1. The number of nitrogens with one attached hydrogen (secondary N) is 2. The molecule has 0 fully saturated rings. The van der Waals surface area contributed by atoms with Gasteiger partial charge in [0.1, 0.15) is 0 Å². The Morgan fingerprint density at radius 2 is 2.21 bits per heavy atom. The largest absolute Gasteiger partial charge is 0.469 e. The van der Waals surface area contributed by atoms with Crippen molar-refractivity contribution in [1.29, 1.82) is 0 Å². The summed E-state index contributed by atoms with van der Waals surface area (Å²) in [7, 11) is 3.04. The van der Waals surface area contributed by atoms with Crippen molar-refractivity contribution in [3.05, 3.63) is 34.9 Å². The summed E-state index contributed by atoms with van der Waals surface area (Å²) >= 11 is 5.90. The van der Waals surface area contributed by atoms with E-state index in [4.69, 9.17) is 11.6 Å². The Morgan fingerprint density at radius 3 is 2.84 bits per heavy atom. The summed E-state index contributed by atoms with van der Waals surface area (Å²) in [5.41, 5.74) is 1.06. The first-order chi connectivity index (χ1) is 9.15. The molecule has 0 radical (unpaired) electrons. The molecule has 0 saturated heterocycles. The van der Waals surface area contributed by atoms with Crippen molar-refractivity contribution in [3.8, 4) is 0 Å². The van der Waals surface area contributed by atoms with Crippen LogP contribution in [0.3, 0.4) is 0 Å². The van der Waals surface area contributed by atoms with E-state index in [0.717, 1.165) is 5.56 Å². The number of methoxy groups -OCH3 is 1. The minimum atomic E-state index is -0.252. The van der Waals surface area contributed by atoms with Gasteiger partial charge in [0.25, 0.3) is 0 Å². The number of guanidine groups is 1. The van der Waals surface area contributed by atoms with Crippen LogP contribution in [0.25, 0.3) is 0 Å². The Morgan fingerprint density at radius 1 is 1.42 bits per heavy atom. The first-order valence-corrected chi connectivity index (χ1v) is 6.29. The highest BCUT2D eigenvalue weighted by molar-refractivity contribution is 6.30. The third-order valence-corrected chi connectivity index (χ3v) is 2.66. The number of carbonyl (C=O) groups excluding carboxylic acids is 1. The standard InChI is InChI=1S/C13H18ClN3O2/c1-15-13(16-7-6-12(18)19-2)17-9-10-4-3-5-11(14)8-10/h3-5,8H,6-7,9H2,1-2H3,(H2,15,16,17). The van der Waals surface area contributed by atoms with Crippen LogP contribution in [0.1, 0.15) is 12.0 Å². The lowest BCUT2D eigenvalue weighted by Crippen LogP contribution is -2.37. The smallest absolute Gasteiger partial charge is 0.307 e. The third kappa shape index (κ3) is 6.10. The fraction of sp³-hybridized carbons (Fsp3) is 0.385. The Labute approximate surface area is 118 Å². The molecule has 0 aromatic heterocycles. The average molecular weight is 284 g/mol. The van der Waals surface area contributed by atoms with E-state index < -0.39 is 0 Å². The second-order valence-corrected chi connectivity index (χ2v) is 4.25. The Bertz CT molecular complexity index is 449. The number of benzene rings is 1. The van der Waals surface area contributed by atoms with Gasteiger partial charge in [-0.2, -0.15) is 0 Å². The summed E-state index contributed by atoms with van der Waals surface area (Å²) in [6.07, 6.45) is 0.300. The van der Waals surface area contributed by atoms with Crippen molar-refractivity contribution in [2.24, 2.45) is 4.99 Å². The molecule has 0 heterocycles. The zero-order valence-corrected chi connectivity index (χ0v) is 11.8. The van der Waals surface area contributed by atoms with Gasteiger partial charge in [-0.15, -0.1) is 0 Å². The van der Waals surface area contributed by atoms with E-state index in [1.165, 1.54) is 7.11 Å². The van der Waals surface area contributed by atoms with Crippen molar-refractivity contribution < 1.29 is 9.53 Å². The molecule has 1 rings (SSSR count). The molecule has 0 bridgehead atoms. The molecule has 0 spiro atoms. The van der Waals surface area contributed by atoms with Crippen LogP contribution in [0.2, 0.25) is 5.02 Å². The van der Waals surface area contributed by atoms with E-state index in [0.29, 0.717) is 30.5 Å². The summed E-state index contributed by atoms with van der Waals surface area (Å²) in [4.78, 5) is 15.0. The highest BCUT2D eigenvalue weighted by Gasteiger charge is 2.02. The number of aliphatic imine (C=N–C) groups is 1. The van der Waals surface area contributed by atoms with Gasteiger partial charge < -0.3 is 15.4 Å². The van der Waals surface area contributed by atoms with E-state index in [1.54, 1.807) is 7.05 Å². The lowest BCUT2D eigenvalue weighted by Gasteiger charge is -2.11. The van der Waals surface area contributed by atoms with Crippen LogP contribution in [0.5, 0.6) is 0 Å². The van der Waals surface area contributed by atoms with Crippen LogP contribution in [0.15, 0.2) is 29.3 Å².